The van der Waals surface area contributed by atoms with E-state index in [-0.39, 0.29) is 24.9 Å². The van der Waals surface area contributed by atoms with Gasteiger partial charge in [-0.05, 0) is 54.8 Å². The number of benzene rings is 2. The van der Waals surface area contributed by atoms with E-state index in [1.165, 1.54) is 0 Å². The number of fused-ring (bicyclic) bond motifs is 1. The van der Waals surface area contributed by atoms with Crippen molar-refractivity contribution in [2.24, 2.45) is 0 Å². The molecule has 8 heteroatoms. The molecule has 1 saturated heterocycles. The van der Waals surface area contributed by atoms with Crippen LogP contribution in [0.5, 0.6) is 0 Å². The summed E-state index contributed by atoms with van der Waals surface area (Å²) in [7, 11) is 0. The van der Waals surface area contributed by atoms with Crippen LogP contribution in [-0.4, -0.2) is 60.7 Å². The number of nitrogens with zero attached hydrogens (tertiary/aromatic N) is 3. The van der Waals surface area contributed by atoms with Gasteiger partial charge in [0.05, 0.1) is 19.8 Å². The van der Waals surface area contributed by atoms with Crippen molar-refractivity contribution in [2.75, 3.05) is 49.6 Å². The molecule has 1 aliphatic heterocycles. The van der Waals surface area contributed by atoms with Crippen molar-refractivity contribution in [2.45, 2.75) is 13.5 Å². The van der Waals surface area contributed by atoms with Crippen molar-refractivity contribution in [1.82, 2.24) is 9.47 Å². The van der Waals surface area contributed by atoms with Gasteiger partial charge >= 0.3 is 0 Å². The number of morpholine rings is 1. The Balaban J connectivity index is 1.34. The normalized spacial score (nSPS) is 13.9. The lowest BCUT2D eigenvalue weighted by Gasteiger charge is -2.29. The van der Waals surface area contributed by atoms with Crippen LogP contribution in [0.25, 0.3) is 10.9 Å². The van der Waals surface area contributed by atoms with Crippen molar-refractivity contribution in [3.8, 4) is 0 Å². The molecule has 1 fully saturated rings. The first-order chi connectivity index (χ1) is 15.5. The molecule has 0 unspecified atom stereocenters. The number of carbonyl (C=O) groups is 2. The molecular formula is C24H27ClN4O3. The van der Waals surface area contributed by atoms with Crippen LogP contribution in [0.3, 0.4) is 0 Å². The molecule has 2 heterocycles. The van der Waals surface area contributed by atoms with E-state index >= 15 is 0 Å². The maximum Gasteiger partial charge on any atom is 0.243 e. The monoisotopic (exact) mass is 454 g/mol. The summed E-state index contributed by atoms with van der Waals surface area (Å²) in [6, 6.07) is 15.3. The van der Waals surface area contributed by atoms with Gasteiger partial charge in [0.1, 0.15) is 6.54 Å². The number of anilines is 2. The van der Waals surface area contributed by atoms with E-state index in [0.29, 0.717) is 17.3 Å². The predicted octanol–water partition coefficient (Wildman–Crippen LogP) is 3.62. The van der Waals surface area contributed by atoms with Crippen LogP contribution in [0.15, 0.2) is 54.7 Å². The van der Waals surface area contributed by atoms with E-state index in [9.17, 15) is 9.59 Å². The van der Waals surface area contributed by atoms with E-state index in [1.807, 2.05) is 66.2 Å². The van der Waals surface area contributed by atoms with E-state index < -0.39 is 0 Å². The minimum atomic E-state index is -0.222. The van der Waals surface area contributed by atoms with Gasteiger partial charge in [0, 0.05) is 47.7 Å². The Hall–Kier alpha value is -3.03. The zero-order valence-corrected chi connectivity index (χ0v) is 18.8. The van der Waals surface area contributed by atoms with Gasteiger partial charge in [0.2, 0.25) is 11.8 Å². The van der Waals surface area contributed by atoms with Crippen LogP contribution in [-0.2, 0) is 20.9 Å². The summed E-state index contributed by atoms with van der Waals surface area (Å²) in [6.07, 6.45) is 1.86. The van der Waals surface area contributed by atoms with Gasteiger partial charge in [-0.3, -0.25) is 9.59 Å². The van der Waals surface area contributed by atoms with Crippen molar-refractivity contribution in [3.05, 3.63) is 59.8 Å². The summed E-state index contributed by atoms with van der Waals surface area (Å²) in [5, 5.41) is 4.53. The second-order valence-electron chi connectivity index (χ2n) is 7.75. The highest BCUT2D eigenvalue weighted by Gasteiger charge is 2.17. The highest BCUT2D eigenvalue weighted by atomic mass is 35.5. The molecule has 1 aliphatic rings. The number of ether oxygens (including phenoxy) is 1. The van der Waals surface area contributed by atoms with E-state index in [2.05, 4.69) is 10.2 Å². The van der Waals surface area contributed by atoms with Gasteiger partial charge < -0.3 is 24.4 Å². The number of nitrogens with one attached hydrogen (secondary N) is 1. The van der Waals surface area contributed by atoms with Gasteiger partial charge in [0.15, 0.2) is 0 Å². The maximum atomic E-state index is 12.9. The molecule has 0 atom stereocenters. The number of rotatable bonds is 7. The van der Waals surface area contributed by atoms with Gasteiger partial charge in [-0.25, -0.2) is 0 Å². The van der Waals surface area contributed by atoms with Crippen LogP contribution >= 0.6 is 11.6 Å². The Morgan fingerprint density at radius 3 is 2.56 bits per heavy atom. The van der Waals surface area contributed by atoms with Crippen LogP contribution in [0, 0.1) is 0 Å². The van der Waals surface area contributed by atoms with Gasteiger partial charge in [-0.2, -0.15) is 0 Å². The zero-order valence-electron chi connectivity index (χ0n) is 18.1. The van der Waals surface area contributed by atoms with Crippen molar-refractivity contribution in [3.63, 3.8) is 0 Å². The van der Waals surface area contributed by atoms with E-state index in [4.69, 9.17) is 16.3 Å². The minimum Gasteiger partial charge on any atom is -0.378 e. The molecule has 2 aromatic carbocycles. The summed E-state index contributed by atoms with van der Waals surface area (Å²) in [5.74, 6) is -0.345. The molecule has 0 spiro atoms. The Morgan fingerprint density at radius 2 is 1.84 bits per heavy atom. The van der Waals surface area contributed by atoms with Gasteiger partial charge in [-0.15, -0.1) is 0 Å². The minimum absolute atomic E-state index is 0.000502. The molecule has 4 rings (SSSR count). The Bertz CT molecular complexity index is 1090. The fraction of sp³-hybridized carbons (Fsp3) is 0.333. The third-order valence-corrected chi connectivity index (χ3v) is 5.87. The van der Waals surface area contributed by atoms with E-state index in [1.54, 1.807) is 4.90 Å². The van der Waals surface area contributed by atoms with E-state index in [0.717, 1.165) is 42.9 Å². The fourth-order valence-corrected chi connectivity index (χ4v) is 4.03. The van der Waals surface area contributed by atoms with Gasteiger partial charge in [0.25, 0.3) is 0 Å². The lowest BCUT2D eigenvalue weighted by Crippen LogP contribution is -2.39. The standard InChI is InChI=1S/C24H27ClN4O3/c1-2-27(24(31)17-29-10-9-18-3-4-19(25)15-22(18)29)16-23(30)26-20-5-7-21(8-6-20)28-11-13-32-14-12-28/h3-10,15H,2,11-14,16-17H2,1H3,(H,26,30). The molecular weight excluding hydrogens is 428 g/mol. The number of carbonyl (C=O) groups excluding carboxylic acids is 2. The summed E-state index contributed by atoms with van der Waals surface area (Å²) in [4.78, 5) is 29.2. The first-order valence-corrected chi connectivity index (χ1v) is 11.2. The number of hydrogen-bond acceptors (Lipinski definition) is 4. The topological polar surface area (TPSA) is 66.8 Å². The molecule has 168 valence electrons. The SMILES string of the molecule is CCN(CC(=O)Nc1ccc(N2CCOCC2)cc1)C(=O)Cn1ccc2ccc(Cl)cc21. The van der Waals surface area contributed by atoms with Crippen molar-refractivity contribution in [1.29, 1.82) is 0 Å². The molecule has 0 saturated carbocycles. The van der Waals surface area contributed by atoms with Crippen LogP contribution < -0.4 is 10.2 Å². The average Bonchev–Trinajstić information content (AvgIpc) is 3.20. The highest BCUT2D eigenvalue weighted by Crippen LogP contribution is 2.21. The summed E-state index contributed by atoms with van der Waals surface area (Å²) in [6.45, 7) is 5.65. The number of hydrogen-bond donors (Lipinski definition) is 1. The van der Waals surface area contributed by atoms with Crippen LogP contribution in [0.4, 0.5) is 11.4 Å². The lowest BCUT2D eigenvalue weighted by molar-refractivity contribution is -0.134. The van der Waals surface area contributed by atoms with Gasteiger partial charge in [-0.1, -0.05) is 17.7 Å². The second-order valence-corrected chi connectivity index (χ2v) is 8.19. The van der Waals surface area contributed by atoms with Crippen molar-refractivity contribution < 1.29 is 14.3 Å². The zero-order chi connectivity index (χ0) is 22.5. The number of halogens is 1. The maximum absolute atomic E-state index is 12.9. The van der Waals surface area contributed by atoms with Crippen molar-refractivity contribution >= 4 is 45.7 Å². The number of aromatic nitrogens is 1. The molecule has 1 N–H and O–H groups in total. The molecule has 1 aromatic heterocycles. The second kappa shape index (κ2) is 10.1. The molecule has 7 nitrogen and oxygen atoms in total. The Labute approximate surface area is 192 Å². The average molecular weight is 455 g/mol. The highest BCUT2D eigenvalue weighted by molar-refractivity contribution is 6.31. The fourth-order valence-electron chi connectivity index (χ4n) is 3.87. The third kappa shape index (κ3) is 5.23. The lowest BCUT2D eigenvalue weighted by atomic mass is 10.2. The van der Waals surface area contributed by atoms with Crippen LogP contribution in [0.1, 0.15) is 6.92 Å². The Kier molecular flexibility index (Phi) is 6.97. The summed E-state index contributed by atoms with van der Waals surface area (Å²) >= 11 is 6.10. The number of amides is 2. The Morgan fingerprint density at radius 1 is 1.09 bits per heavy atom. The summed E-state index contributed by atoms with van der Waals surface area (Å²) in [5.41, 5.74) is 2.71. The smallest absolute Gasteiger partial charge is 0.243 e. The third-order valence-electron chi connectivity index (χ3n) is 5.64. The summed E-state index contributed by atoms with van der Waals surface area (Å²) < 4.78 is 7.24. The number of likely N-dealkylation sites (N-methyl/N-ethyl adjacent to an activating group) is 1. The quantitative estimate of drug-likeness (QED) is 0.592. The molecule has 0 radical (unpaired) electrons. The van der Waals surface area contributed by atoms with Crippen LogP contribution in [0.2, 0.25) is 5.02 Å². The molecule has 0 bridgehead atoms. The largest absolute Gasteiger partial charge is 0.378 e. The molecule has 32 heavy (non-hydrogen) atoms. The predicted molar refractivity (Wildman–Crippen MR) is 127 cm³/mol. The molecule has 3 aromatic rings. The first-order valence-electron chi connectivity index (χ1n) is 10.8. The molecule has 0 aliphatic carbocycles. The first kappa shape index (κ1) is 22.2. The molecule has 2 amide bonds.